The van der Waals surface area contributed by atoms with Gasteiger partial charge in [0.1, 0.15) is 0 Å². The van der Waals surface area contributed by atoms with Crippen molar-refractivity contribution in [1.82, 2.24) is 10.3 Å². The number of pyridine rings is 1. The van der Waals surface area contributed by atoms with E-state index in [1.165, 1.54) is 11.8 Å². The predicted octanol–water partition coefficient (Wildman–Crippen LogP) is 6.68. The maximum atomic E-state index is 12.4. The van der Waals surface area contributed by atoms with Crippen LogP contribution in [0.1, 0.15) is 40.5 Å². The average molecular weight is 447 g/mol. The second-order valence-electron chi connectivity index (χ2n) is 6.82. The number of nitrogens with one attached hydrogen (secondary N) is 3. The van der Waals surface area contributed by atoms with Crippen molar-refractivity contribution < 1.29 is 9.53 Å². The van der Waals surface area contributed by atoms with Crippen molar-refractivity contribution >= 4 is 40.4 Å². The summed E-state index contributed by atoms with van der Waals surface area (Å²) in [5.74, 6) is 0.766. The van der Waals surface area contributed by atoms with E-state index in [0.29, 0.717) is 23.1 Å². The SMILES string of the molecule is CCCCOc1ccc(-c2cccc(Cl)c2)nc1NC(=O)NC(=N)SC(C)=C(C)C. The molecule has 1 aromatic heterocycles. The molecule has 0 aliphatic rings. The molecule has 2 rings (SSSR count). The van der Waals surface area contributed by atoms with Crippen LogP contribution in [0.25, 0.3) is 11.3 Å². The monoisotopic (exact) mass is 446 g/mol. The largest absolute Gasteiger partial charge is 0.490 e. The number of hydrogen-bond donors (Lipinski definition) is 3. The van der Waals surface area contributed by atoms with E-state index in [4.69, 9.17) is 21.7 Å². The number of ether oxygens (including phenoxy) is 1. The molecule has 0 atom stereocenters. The van der Waals surface area contributed by atoms with Crippen molar-refractivity contribution in [3.8, 4) is 17.0 Å². The first-order chi connectivity index (χ1) is 14.3. The highest BCUT2D eigenvalue weighted by molar-refractivity contribution is 8.17. The Kier molecular flexibility index (Phi) is 9.20. The van der Waals surface area contributed by atoms with Crippen LogP contribution in [0.15, 0.2) is 46.9 Å². The molecule has 6 nitrogen and oxygen atoms in total. The number of halogens is 1. The molecule has 0 radical (unpaired) electrons. The average Bonchev–Trinajstić information content (AvgIpc) is 2.68. The van der Waals surface area contributed by atoms with Crippen LogP contribution < -0.4 is 15.4 Å². The lowest BCUT2D eigenvalue weighted by Gasteiger charge is -2.14. The van der Waals surface area contributed by atoms with Gasteiger partial charge in [-0.25, -0.2) is 9.78 Å². The molecular weight excluding hydrogens is 420 g/mol. The van der Waals surface area contributed by atoms with Gasteiger partial charge in [0.2, 0.25) is 0 Å². The van der Waals surface area contributed by atoms with Crippen LogP contribution >= 0.6 is 23.4 Å². The Bertz CT molecular complexity index is 942. The van der Waals surface area contributed by atoms with E-state index in [1.807, 2.05) is 39.0 Å². The summed E-state index contributed by atoms with van der Waals surface area (Å²) in [4.78, 5) is 18.0. The summed E-state index contributed by atoms with van der Waals surface area (Å²) in [5.41, 5.74) is 2.57. The van der Waals surface area contributed by atoms with Crippen molar-refractivity contribution in [2.75, 3.05) is 11.9 Å². The van der Waals surface area contributed by atoms with E-state index >= 15 is 0 Å². The topological polar surface area (TPSA) is 87.1 Å². The number of allylic oxidation sites excluding steroid dienone is 2. The molecule has 0 bridgehead atoms. The fraction of sp³-hybridized carbons (Fsp3) is 0.318. The molecule has 0 unspecified atom stereocenters. The highest BCUT2D eigenvalue weighted by Gasteiger charge is 2.14. The summed E-state index contributed by atoms with van der Waals surface area (Å²) in [6, 6.07) is 10.4. The van der Waals surface area contributed by atoms with Gasteiger partial charge in [-0.15, -0.1) is 0 Å². The molecule has 0 aliphatic heterocycles. The van der Waals surface area contributed by atoms with Crippen LogP contribution in [0, 0.1) is 5.41 Å². The minimum Gasteiger partial charge on any atom is -0.490 e. The highest BCUT2D eigenvalue weighted by Crippen LogP contribution is 2.29. The van der Waals surface area contributed by atoms with Gasteiger partial charge in [-0.2, -0.15) is 0 Å². The van der Waals surface area contributed by atoms with Gasteiger partial charge in [-0.3, -0.25) is 16.0 Å². The molecule has 0 spiro atoms. The summed E-state index contributed by atoms with van der Waals surface area (Å²) in [6.07, 6.45) is 1.89. The van der Waals surface area contributed by atoms with E-state index in [0.717, 1.165) is 28.9 Å². The standard InChI is InChI=1S/C22H27ClN4O2S/c1-5-6-12-29-19-11-10-18(16-8-7-9-17(23)13-16)25-20(19)26-22(28)27-21(24)30-15(4)14(2)3/h7-11,13H,5-6,12H2,1-4H3,(H3,24,25,26,27,28). The molecule has 0 fully saturated rings. The molecule has 2 amide bonds. The number of anilines is 1. The first-order valence-electron chi connectivity index (χ1n) is 9.68. The van der Waals surface area contributed by atoms with Crippen molar-refractivity contribution in [2.45, 2.75) is 40.5 Å². The fourth-order valence-corrected chi connectivity index (χ4v) is 3.15. The smallest absolute Gasteiger partial charge is 0.326 e. The first kappa shape index (κ1) is 23.8. The zero-order valence-electron chi connectivity index (χ0n) is 17.6. The van der Waals surface area contributed by atoms with Crippen molar-refractivity contribution in [3.05, 3.63) is 51.9 Å². The third-order valence-electron chi connectivity index (χ3n) is 4.15. The Morgan fingerprint density at radius 2 is 2.00 bits per heavy atom. The molecule has 1 aromatic carbocycles. The molecule has 160 valence electrons. The van der Waals surface area contributed by atoms with Crippen molar-refractivity contribution in [3.63, 3.8) is 0 Å². The number of nitrogens with zero attached hydrogens (tertiary/aromatic N) is 1. The van der Waals surface area contributed by atoms with Crippen LogP contribution in [0.5, 0.6) is 5.75 Å². The van der Waals surface area contributed by atoms with Gasteiger partial charge in [-0.1, -0.05) is 54.4 Å². The lowest BCUT2D eigenvalue weighted by molar-refractivity contribution is 0.255. The Morgan fingerprint density at radius 1 is 1.23 bits per heavy atom. The number of carbonyl (C=O) groups is 1. The minimum absolute atomic E-state index is 0.0330. The maximum Gasteiger partial charge on any atom is 0.326 e. The van der Waals surface area contributed by atoms with E-state index in [-0.39, 0.29) is 11.0 Å². The van der Waals surface area contributed by atoms with E-state index in [2.05, 4.69) is 22.5 Å². The molecular formula is C22H27ClN4O2S. The van der Waals surface area contributed by atoms with Crippen LogP contribution in [0.4, 0.5) is 10.6 Å². The van der Waals surface area contributed by atoms with E-state index < -0.39 is 6.03 Å². The Labute approximate surface area is 187 Å². The van der Waals surface area contributed by atoms with Gasteiger partial charge in [0.15, 0.2) is 16.7 Å². The number of carbonyl (C=O) groups excluding carboxylic acids is 1. The van der Waals surface area contributed by atoms with Crippen LogP contribution in [-0.2, 0) is 0 Å². The second kappa shape index (κ2) is 11.6. The number of unbranched alkanes of at least 4 members (excludes halogenated alkanes) is 1. The number of thioether (sulfide) groups is 1. The van der Waals surface area contributed by atoms with E-state index in [1.54, 1.807) is 18.2 Å². The number of hydrogen-bond acceptors (Lipinski definition) is 5. The quantitative estimate of drug-likeness (QED) is 0.251. The number of amidine groups is 1. The molecule has 30 heavy (non-hydrogen) atoms. The Morgan fingerprint density at radius 3 is 2.67 bits per heavy atom. The lowest BCUT2D eigenvalue weighted by Crippen LogP contribution is -2.32. The number of aromatic nitrogens is 1. The van der Waals surface area contributed by atoms with Crippen LogP contribution in [-0.4, -0.2) is 22.8 Å². The molecule has 8 heteroatoms. The van der Waals surface area contributed by atoms with Gasteiger partial charge in [-0.05, 0) is 56.4 Å². The fourth-order valence-electron chi connectivity index (χ4n) is 2.31. The third kappa shape index (κ3) is 7.39. The summed E-state index contributed by atoms with van der Waals surface area (Å²) in [7, 11) is 0. The minimum atomic E-state index is -0.551. The zero-order valence-corrected chi connectivity index (χ0v) is 19.2. The third-order valence-corrected chi connectivity index (χ3v) is 5.41. The van der Waals surface area contributed by atoms with Gasteiger partial charge in [0, 0.05) is 10.6 Å². The number of amides is 2. The first-order valence-corrected chi connectivity index (χ1v) is 10.9. The highest BCUT2D eigenvalue weighted by atomic mass is 35.5. The lowest BCUT2D eigenvalue weighted by atomic mass is 10.1. The van der Waals surface area contributed by atoms with Crippen molar-refractivity contribution in [1.29, 1.82) is 5.41 Å². The summed E-state index contributed by atoms with van der Waals surface area (Å²) in [6.45, 7) is 8.43. The maximum absolute atomic E-state index is 12.4. The number of urea groups is 1. The molecule has 0 saturated heterocycles. The number of benzene rings is 1. The van der Waals surface area contributed by atoms with E-state index in [9.17, 15) is 4.79 Å². The normalized spacial score (nSPS) is 10.3. The Balaban J connectivity index is 2.21. The predicted molar refractivity (Wildman–Crippen MR) is 127 cm³/mol. The summed E-state index contributed by atoms with van der Waals surface area (Å²) < 4.78 is 5.80. The molecule has 0 aliphatic carbocycles. The number of rotatable bonds is 7. The molecule has 1 heterocycles. The summed E-state index contributed by atoms with van der Waals surface area (Å²) in [5, 5.41) is 13.9. The van der Waals surface area contributed by atoms with Gasteiger partial charge in [0.05, 0.1) is 12.3 Å². The van der Waals surface area contributed by atoms with Gasteiger partial charge < -0.3 is 4.74 Å². The second-order valence-corrected chi connectivity index (χ2v) is 8.48. The van der Waals surface area contributed by atoms with Gasteiger partial charge in [0.25, 0.3) is 0 Å². The Hall–Kier alpha value is -2.51. The van der Waals surface area contributed by atoms with Crippen molar-refractivity contribution in [2.24, 2.45) is 0 Å². The molecule has 3 N–H and O–H groups in total. The van der Waals surface area contributed by atoms with Crippen LogP contribution in [0.2, 0.25) is 5.02 Å². The summed E-state index contributed by atoms with van der Waals surface area (Å²) >= 11 is 7.29. The zero-order chi connectivity index (χ0) is 22.1. The molecule has 2 aromatic rings. The molecule has 0 saturated carbocycles. The van der Waals surface area contributed by atoms with Crippen LogP contribution in [0.3, 0.4) is 0 Å². The van der Waals surface area contributed by atoms with Gasteiger partial charge >= 0.3 is 6.03 Å².